The Labute approximate surface area is 287 Å². The van der Waals surface area contributed by atoms with Crippen LogP contribution in [0.5, 0.6) is 5.75 Å². The summed E-state index contributed by atoms with van der Waals surface area (Å²) in [5.41, 5.74) is 4.25. The fourth-order valence-electron chi connectivity index (χ4n) is 9.60. The summed E-state index contributed by atoms with van der Waals surface area (Å²) in [5.74, 6) is 1.91. The van der Waals surface area contributed by atoms with E-state index in [2.05, 4.69) is 35.1 Å². The molecular weight excluding hydrogens is 618 g/mol. The molecule has 1 aromatic carbocycles. The van der Waals surface area contributed by atoms with Crippen LogP contribution in [0.1, 0.15) is 58.3 Å². The van der Waals surface area contributed by atoms with Crippen molar-refractivity contribution in [1.29, 1.82) is 0 Å². The number of esters is 1. The molecule has 12 heteroatoms. The maximum atomic E-state index is 12.3. The number of benzene rings is 1. The molecular formula is C37H47N9O3. The summed E-state index contributed by atoms with van der Waals surface area (Å²) >= 11 is 0. The number of carbonyl (C=O) groups excluding carboxylic acids is 1. The predicted molar refractivity (Wildman–Crippen MR) is 188 cm³/mol. The first-order valence-electron chi connectivity index (χ1n) is 18.3. The van der Waals surface area contributed by atoms with Gasteiger partial charge in [0.15, 0.2) is 5.82 Å². The third-order valence-electron chi connectivity index (χ3n) is 12.5. The van der Waals surface area contributed by atoms with E-state index in [1.54, 1.807) is 6.07 Å². The van der Waals surface area contributed by atoms with E-state index in [1.807, 2.05) is 43.6 Å². The van der Waals surface area contributed by atoms with Gasteiger partial charge in [0.25, 0.3) is 0 Å². The molecule has 258 valence electrons. The highest BCUT2D eigenvalue weighted by Gasteiger charge is 2.58. The lowest BCUT2D eigenvalue weighted by atomic mass is 9.56. The zero-order valence-corrected chi connectivity index (χ0v) is 28.4. The average molecular weight is 666 g/mol. The van der Waals surface area contributed by atoms with E-state index in [0.717, 1.165) is 81.8 Å². The fourth-order valence-corrected chi connectivity index (χ4v) is 9.60. The van der Waals surface area contributed by atoms with Crippen LogP contribution >= 0.6 is 0 Å². The van der Waals surface area contributed by atoms with Crippen molar-refractivity contribution in [2.24, 2.45) is 11.3 Å². The Kier molecular flexibility index (Phi) is 7.55. The number of hydrogen-bond donors (Lipinski definition) is 2. The molecule has 3 saturated carbocycles. The lowest BCUT2D eigenvalue weighted by Crippen LogP contribution is -2.63. The Balaban J connectivity index is 0.805. The molecule has 2 spiro atoms. The molecule has 2 aromatic heterocycles. The fraction of sp³-hybridized carbons (Fsp3) is 0.595. The van der Waals surface area contributed by atoms with E-state index in [-0.39, 0.29) is 23.7 Å². The van der Waals surface area contributed by atoms with Gasteiger partial charge in [0.2, 0.25) is 5.95 Å². The van der Waals surface area contributed by atoms with E-state index in [4.69, 9.17) is 14.7 Å². The molecule has 2 saturated heterocycles. The Bertz CT molecular complexity index is 1700. The topological polar surface area (TPSA) is 123 Å². The first-order chi connectivity index (χ1) is 23.9. The summed E-state index contributed by atoms with van der Waals surface area (Å²) in [5, 5.41) is 22.7. The van der Waals surface area contributed by atoms with Gasteiger partial charge in [-0.05, 0) is 81.9 Å². The Morgan fingerprint density at radius 1 is 0.980 bits per heavy atom. The van der Waals surface area contributed by atoms with E-state index < -0.39 is 0 Å². The molecule has 3 aliphatic heterocycles. The standard InChI is InChI=1S/C37H47N9O3/c1-2-49-34(48)25-7-9-36(10-8-25)18-26(19-36)46-16-14-44(24-37(46)11-12-37)27-20-39-35(40-21-27)43-13-15-45-28(23-43)22-38-33-31(45)17-30(41-42-33)29-5-3-4-6-32(29)47/h3-6,17,20-21,25-26,28,47H,2,7-16,18-19,22-24H2,1H3,(H,38,42)/t25-,26-,28-,36?/m0/s1. The van der Waals surface area contributed by atoms with Gasteiger partial charge in [-0.3, -0.25) is 9.69 Å². The second-order valence-corrected chi connectivity index (χ2v) is 15.3. The van der Waals surface area contributed by atoms with Crippen molar-refractivity contribution in [1.82, 2.24) is 25.1 Å². The van der Waals surface area contributed by atoms with Gasteiger partial charge in [-0.1, -0.05) is 12.1 Å². The molecule has 1 atom stereocenters. The predicted octanol–water partition coefficient (Wildman–Crippen LogP) is 4.32. The zero-order chi connectivity index (χ0) is 33.2. The largest absolute Gasteiger partial charge is 0.507 e. The van der Waals surface area contributed by atoms with Gasteiger partial charge in [-0.15, -0.1) is 10.2 Å². The quantitative estimate of drug-likeness (QED) is 0.365. The number of phenolic OH excluding ortho intramolecular Hbond substituents is 1. The monoisotopic (exact) mass is 665 g/mol. The summed E-state index contributed by atoms with van der Waals surface area (Å²) in [6.45, 7) is 8.79. The Morgan fingerprint density at radius 3 is 2.51 bits per heavy atom. The highest BCUT2D eigenvalue weighted by Crippen LogP contribution is 2.58. The molecule has 0 bridgehead atoms. The third kappa shape index (κ3) is 5.52. The molecule has 6 aliphatic rings. The molecule has 9 rings (SSSR count). The number of anilines is 4. The minimum Gasteiger partial charge on any atom is -0.507 e. The average Bonchev–Trinajstić information content (AvgIpc) is 3.89. The van der Waals surface area contributed by atoms with Crippen molar-refractivity contribution in [3.8, 4) is 17.0 Å². The summed E-state index contributed by atoms with van der Waals surface area (Å²) in [7, 11) is 0. The number of fused-ring (bicyclic) bond motifs is 3. The van der Waals surface area contributed by atoms with E-state index in [9.17, 15) is 9.90 Å². The number of nitrogens with zero attached hydrogens (tertiary/aromatic N) is 8. The second-order valence-electron chi connectivity index (χ2n) is 15.3. The number of carbonyl (C=O) groups is 1. The number of phenols is 1. The van der Waals surface area contributed by atoms with Crippen LogP contribution in [0.4, 0.5) is 23.1 Å². The Hall–Kier alpha value is -4.19. The number of hydrogen-bond acceptors (Lipinski definition) is 12. The maximum Gasteiger partial charge on any atom is 0.308 e. The molecule has 0 unspecified atom stereocenters. The van der Waals surface area contributed by atoms with Crippen molar-refractivity contribution >= 4 is 29.1 Å². The normalized spacial score (nSPS) is 28.8. The smallest absolute Gasteiger partial charge is 0.308 e. The number of rotatable bonds is 6. The van der Waals surface area contributed by atoms with Gasteiger partial charge < -0.3 is 29.9 Å². The van der Waals surface area contributed by atoms with Crippen LogP contribution in [-0.2, 0) is 9.53 Å². The van der Waals surface area contributed by atoms with Gasteiger partial charge in [-0.25, -0.2) is 9.97 Å². The maximum absolute atomic E-state index is 12.3. The van der Waals surface area contributed by atoms with Gasteiger partial charge in [0.1, 0.15) is 5.75 Å². The van der Waals surface area contributed by atoms with Crippen molar-refractivity contribution in [2.45, 2.75) is 75.9 Å². The summed E-state index contributed by atoms with van der Waals surface area (Å²) < 4.78 is 5.31. The lowest BCUT2D eigenvalue weighted by molar-refractivity contribution is -0.151. The van der Waals surface area contributed by atoms with Gasteiger partial charge in [0.05, 0.1) is 48.0 Å². The Morgan fingerprint density at radius 2 is 1.76 bits per heavy atom. The first-order valence-corrected chi connectivity index (χ1v) is 18.3. The number of ether oxygens (including phenoxy) is 1. The second kappa shape index (κ2) is 12.0. The number of nitrogens with one attached hydrogen (secondary N) is 1. The van der Waals surface area contributed by atoms with Crippen LogP contribution in [-0.4, -0.2) is 106 Å². The van der Waals surface area contributed by atoms with Crippen molar-refractivity contribution in [2.75, 3.05) is 72.4 Å². The van der Waals surface area contributed by atoms with Gasteiger partial charge in [0, 0.05) is 63.0 Å². The van der Waals surface area contributed by atoms with E-state index in [1.165, 1.54) is 38.5 Å². The highest BCUT2D eigenvalue weighted by molar-refractivity contribution is 5.77. The molecule has 5 fully saturated rings. The van der Waals surface area contributed by atoms with Crippen LogP contribution in [0.15, 0.2) is 42.7 Å². The van der Waals surface area contributed by atoms with E-state index in [0.29, 0.717) is 34.9 Å². The summed E-state index contributed by atoms with van der Waals surface area (Å²) in [6, 6.07) is 10.2. The van der Waals surface area contributed by atoms with Crippen LogP contribution in [0.3, 0.4) is 0 Å². The molecule has 49 heavy (non-hydrogen) atoms. The summed E-state index contributed by atoms with van der Waals surface area (Å²) in [6.07, 6.45) is 13.6. The molecule has 0 radical (unpaired) electrons. The number of para-hydroxylation sites is 1. The molecule has 3 aromatic rings. The molecule has 5 heterocycles. The molecule has 2 N–H and O–H groups in total. The van der Waals surface area contributed by atoms with Crippen molar-refractivity contribution < 1.29 is 14.6 Å². The molecule has 3 aliphatic carbocycles. The first kappa shape index (κ1) is 30.8. The SMILES string of the molecule is CCOC(=O)[C@H]1CCC2(CC1)C[C@H](N1CCN(c3cnc(N4CCN5c6cc(-c7ccccc7O)nnc6NC[C@H]5C4)nc3)CC13CC3)C2. The summed E-state index contributed by atoms with van der Waals surface area (Å²) in [4.78, 5) is 32.1. The van der Waals surface area contributed by atoms with Crippen molar-refractivity contribution in [3.63, 3.8) is 0 Å². The number of piperazine rings is 2. The lowest BCUT2D eigenvalue weighted by Gasteiger charge is -2.58. The van der Waals surface area contributed by atoms with Crippen LogP contribution in [0.25, 0.3) is 11.3 Å². The van der Waals surface area contributed by atoms with Crippen molar-refractivity contribution in [3.05, 3.63) is 42.7 Å². The minimum atomic E-state index is 0.0187. The molecule has 12 nitrogen and oxygen atoms in total. The van der Waals surface area contributed by atoms with Crippen LogP contribution < -0.4 is 20.0 Å². The van der Waals surface area contributed by atoms with Gasteiger partial charge >= 0.3 is 5.97 Å². The zero-order valence-electron chi connectivity index (χ0n) is 28.4. The highest BCUT2D eigenvalue weighted by atomic mass is 16.5. The van der Waals surface area contributed by atoms with Gasteiger partial charge in [-0.2, -0.15) is 0 Å². The third-order valence-corrected chi connectivity index (χ3v) is 12.5. The molecule has 0 amide bonds. The van der Waals surface area contributed by atoms with Crippen LogP contribution in [0, 0.1) is 11.3 Å². The van der Waals surface area contributed by atoms with Crippen LogP contribution in [0.2, 0.25) is 0 Å². The minimum absolute atomic E-state index is 0.0187. The number of aromatic hydroxyl groups is 1. The number of aromatic nitrogens is 4. The van der Waals surface area contributed by atoms with E-state index >= 15 is 0 Å².